The third kappa shape index (κ3) is 6.01. The first-order chi connectivity index (χ1) is 8.01. The molecule has 0 aliphatic heterocycles. The number of methoxy groups -OCH3 is 1. The molecule has 0 radical (unpaired) electrons. The van der Waals surface area contributed by atoms with E-state index in [0.717, 1.165) is 11.4 Å². The van der Waals surface area contributed by atoms with Gasteiger partial charge in [-0.3, -0.25) is 0 Å². The van der Waals surface area contributed by atoms with Crippen LogP contribution in [-0.4, -0.2) is 33.0 Å². The highest BCUT2D eigenvalue weighted by molar-refractivity contribution is 5.46. The molecule has 0 heterocycles. The van der Waals surface area contributed by atoms with Gasteiger partial charge in [0.25, 0.3) is 0 Å². The molecule has 1 aromatic carbocycles. The third-order valence-electron chi connectivity index (χ3n) is 1.93. The van der Waals surface area contributed by atoms with Crippen molar-refractivity contribution in [2.45, 2.75) is 6.18 Å². The molecule has 0 bridgehead atoms. The molecule has 96 valence electrons. The molecule has 0 amide bonds. The summed E-state index contributed by atoms with van der Waals surface area (Å²) in [6.45, 7) is -0.884. The van der Waals surface area contributed by atoms with E-state index in [1.807, 2.05) is 0 Å². The van der Waals surface area contributed by atoms with E-state index in [1.165, 1.54) is 0 Å². The molecule has 3 nitrogen and oxygen atoms in total. The van der Waals surface area contributed by atoms with Gasteiger partial charge in [0.1, 0.15) is 12.4 Å². The van der Waals surface area contributed by atoms with Crippen LogP contribution in [0.3, 0.4) is 0 Å². The predicted molar refractivity (Wildman–Crippen MR) is 58.4 cm³/mol. The predicted octanol–water partition coefficient (Wildman–Crippen LogP) is 2.69. The quantitative estimate of drug-likeness (QED) is 0.786. The van der Waals surface area contributed by atoms with Gasteiger partial charge >= 0.3 is 6.18 Å². The molecule has 0 fully saturated rings. The zero-order chi connectivity index (χ0) is 12.7. The minimum Gasteiger partial charge on any atom is -0.497 e. The highest BCUT2D eigenvalue weighted by atomic mass is 19.4. The lowest BCUT2D eigenvalue weighted by Gasteiger charge is -2.09. The fourth-order valence-corrected chi connectivity index (χ4v) is 1.16. The third-order valence-corrected chi connectivity index (χ3v) is 1.93. The molecule has 0 unspecified atom stereocenters. The number of hydrogen-bond donors (Lipinski definition) is 1. The van der Waals surface area contributed by atoms with Crippen molar-refractivity contribution < 1.29 is 22.6 Å². The van der Waals surface area contributed by atoms with Crippen molar-refractivity contribution in [3.63, 3.8) is 0 Å². The Morgan fingerprint density at radius 3 is 2.35 bits per heavy atom. The number of benzene rings is 1. The van der Waals surface area contributed by atoms with Crippen molar-refractivity contribution in [1.29, 1.82) is 0 Å². The summed E-state index contributed by atoms with van der Waals surface area (Å²) in [5.41, 5.74) is 0.807. The summed E-state index contributed by atoms with van der Waals surface area (Å²) < 4.78 is 44.6. The molecular formula is C11H14F3NO2. The highest BCUT2D eigenvalue weighted by Crippen LogP contribution is 2.15. The van der Waals surface area contributed by atoms with Crippen molar-refractivity contribution in [1.82, 2.24) is 0 Å². The molecule has 1 rings (SSSR count). The maximum atomic E-state index is 11.7. The van der Waals surface area contributed by atoms with Gasteiger partial charge in [0.05, 0.1) is 13.7 Å². The molecule has 1 aromatic rings. The van der Waals surface area contributed by atoms with Crippen LogP contribution in [0.1, 0.15) is 0 Å². The Labute approximate surface area is 97.5 Å². The molecule has 0 saturated heterocycles. The normalized spacial score (nSPS) is 11.3. The monoisotopic (exact) mass is 249 g/mol. The summed E-state index contributed by atoms with van der Waals surface area (Å²) in [4.78, 5) is 0. The summed E-state index contributed by atoms with van der Waals surface area (Å²) >= 11 is 0. The minimum absolute atomic E-state index is 0.00550. The Morgan fingerprint density at radius 1 is 1.18 bits per heavy atom. The minimum atomic E-state index is -4.26. The van der Waals surface area contributed by atoms with Crippen LogP contribution in [0, 0.1) is 0 Å². The van der Waals surface area contributed by atoms with Gasteiger partial charge in [-0.2, -0.15) is 13.2 Å². The number of anilines is 1. The maximum absolute atomic E-state index is 11.7. The van der Waals surface area contributed by atoms with Gasteiger partial charge < -0.3 is 14.8 Å². The lowest BCUT2D eigenvalue weighted by atomic mass is 10.3. The molecule has 0 saturated carbocycles. The van der Waals surface area contributed by atoms with Crippen LogP contribution in [0.15, 0.2) is 24.3 Å². The first-order valence-corrected chi connectivity index (χ1v) is 5.04. The Hall–Kier alpha value is -1.43. The number of nitrogens with one attached hydrogen (secondary N) is 1. The highest BCUT2D eigenvalue weighted by Gasteiger charge is 2.27. The van der Waals surface area contributed by atoms with Gasteiger partial charge in [0, 0.05) is 12.2 Å². The molecule has 0 aliphatic rings. The van der Waals surface area contributed by atoms with Crippen LogP contribution in [0.4, 0.5) is 18.9 Å². The zero-order valence-corrected chi connectivity index (χ0v) is 9.38. The maximum Gasteiger partial charge on any atom is 0.411 e. The molecule has 6 heteroatoms. The summed E-state index contributed by atoms with van der Waals surface area (Å²) in [6.07, 6.45) is -4.26. The molecule has 0 atom stereocenters. The second-order valence-electron chi connectivity index (χ2n) is 3.32. The van der Waals surface area contributed by atoms with Crippen LogP contribution in [0.5, 0.6) is 5.75 Å². The molecule has 0 aliphatic carbocycles. The van der Waals surface area contributed by atoms with Gasteiger partial charge in [-0.1, -0.05) is 0 Å². The molecule has 0 aromatic heterocycles. The van der Waals surface area contributed by atoms with Gasteiger partial charge in [-0.15, -0.1) is 0 Å². The Balaban J connectivity index is 2.18. The van der Waals surface area contributed by atoms with Gasteiger partial charge in [-0.25, -0.2) is 0 Å². The molecule has 0 spiro atoms. The van der Waals surface area contributed by atoms with E-state index in [9.17, 15) is 13.2 Å². The van der Waals surface area contributed by atoms with E-state index >= 15 is 0 Å². The fourth-order valence-electron chi connectivity index (χ4n) is 1.16. The van der Waals surface area contributed by atoms with E-state index < -0.39 is 12.8 Å². The fraction of sp³-hybridized carbons (Fsp3) is 0.455. The van der Waals surface area contributed by atoms with Crippen LogP contribution in [-0.2, 0) is 4.74 Å². The first kappa shape index (κ1) is 13.6. The lowest BCUT2D eigenvalue weighted by Crippen LogP contribution is -2.20. The largest absolute Gasteiger partial charge is 0.497 e. The number of hydrogen-bond acceptors (Lipinski definition) is 3. The SMILES string of the molecule is COc1ccc(NCCOCC(F)(F)F)cc1. The summed E-state index contributed by atoms with van der Waals surface area (Å²) in [5, 5.41) is 2.93. The smallest absolute Gasteiger partial charge is 0.411 e. The number of rotatable bonds is 6. The van der Waals surface area contributed by atoms with Crippen molar-refractivity contribution in [2.24, 2.45) is 0 Å². The van der Waals surface area contributed by atoms with E-state index in [2.05, 4.69) is 10.1 Å². The standard InChI is InChI=1S/C11H14F3NO2/c1-16-10-4-2-9(3-5-10)15-6-7-17-8-11(12,13)14/h2-5,15H,6-8H2,1H3. The van der Waals surface area contributed by atoms with E-state index in [4.69, 9.17) is 4.74 Å². The average molecular weight is 249 g/mol. The second-order valence-corrected chi connectivity index (χ2v) is 3.32. The summed E-state index contributed by atoms with van der Waals surface area (Å²) in [6, 6.07) is 7.09. The Morgan fingerprint density at radius 2 is 1.82 bits per heavy atom. The van der Waals surface area contributed by atoms with Crippen LogP contribution >= 0.6 is 0 Å². The van der Waals surface area contributed by atoms with Crippen molar-refractivity contribution >= 4 is 5.69 Å². The summed E-state index contributed by atoms with van der Waals surface area (Å²) in [7, 11) is 1.56. The molecule has 1 N–H and O–H groups in total. The van der Waals surface area contributed by atoms with E-state index in [1.54, 1.807) is 31.4 Å². The summed E-state index contributed by atoms with van der Waals surface area (Å²) in [5.74, 6) is 0.726. The van der Waals surface area contributed by atoms with Crippen molar-refractivity contribution in [2.75, 3.05) is 32.2 Å². The Kier molecular flexibility index (Phi) is 5.09. The molecular weight excluding hydrogens is 235 g/mol. The van der Waals surface area contributed by atoms with Crippen LogP contribution in [0.2, 0.25) is 0 Å². The average Bonchev–Trinajstić information content (AvgIpc) is 2.28. The lowest BCUT2D eigenvalue weighted by molar-refractivity contribution is -0.172. The van der Waals surface area contributed by atoms with Gasteiger partial charge in [0.2, 0.25) is 0 Å². The second kappa shape index (κ2) is 6.34. The van der Waals surface area contributed by atoms with Gasteiger partial charge in [-0.05, 0) is 24.3 Å². The van der Waals surface area contributed by atoms with Gasteiger partial charge in [0.15, 0.2) is 0 Å². The van der Waals surface area contributed by atoms with Crippen molar-refractivity contribution in [3.05, 3.63) is 24.3 Å². The number of halogens is 3. The Bertz CT molecular complexity index is 324. The zero-order valence-electron chi connectivity index (χ0n) is 9.38. The van der Waals surface area contributed by atoms with Crippen LogP contribution < -0.4 is 10.1 Å². The number of alkyl halides is 3. The van der Waals surface area contributed by atoms with E-state index in [0.29, 0.717) is 6.54 Å². The molecule has 17 heavy (non-hydrogen) atoms. The van der Waals surface area contributed by atoms with Crippen molar-refractivity contribution in [3.8, 4) is 5.75 Å². The topological polar surface area (TPSA) is 30.5 Å². The van der Waals surface area contributed by atoms with Crippen LogP contribution in [0.25, 0.3) is 0 Å². The van der Waals surface area contributed by atoms with E-state index in [-0.39, 0.29) is 6.61 Å². The number of ether oxygens (including phenoxy) is 2. The first-order valence-electron chi connectivity index (χ1n) is 5.04.